The zero-order chi connectivity index (χ0) is 20.3. The van der Waals surface area contributed by atoms with Gasteiger partial charge in [-0.05, 0) is 31.7 Å². The van der Waals surface area contributed by atoms with E-state index in [9.17, 15) is 14.4 Å². The Bertz CT molecular complexity index is 736. The summed E-state index contributed by atoms with van der Waals surface area (Å²) in [5.41, 5.74) is 0.675. The van der Waals surface area contributed by atoms with Crippen LogP contribution in [-0.4, -0.2) is 52.2 Å². The number of carbonyl (C=O) groups excluding carboxylic acids is 3. The van der Waals surface area contributed by atoms with Gasteiger partial charge in [0, 0.05) is 20.4 Å². The summed E-state index contributed by atoms with van der Waals surface area (Å²) in [4.78, 5) is 41.0. The first-order valence-electron chi connectivity index (χ1n) is 10.2. The van der Waals surface area contributed by atoms with E-state index in [4.69, 9.17) is 0 Å². The number of likely N-dealkylation sites (tertiary alicyclic amines) is 2. The number of fused-ring (bicyclic) bond motifs is 1. The summed E-state index contributed by atoms with van der Waals surface area (Å²) in [6.07, 6.45) is 4.68. The van der Waals surface area contributed by atoms with E-state index in [2.05, 4.69) is 12.2 Å². The van der Waals surface area contributed by atoms with Crippen LogP contribution in [0.5, 0.6) is 0 Å². The lowest BCUT2D eigenvalue weighted by molar-refractivity contribution is -0.141. The third-order valence-corrected chi connectivity index (χ3v) is 6.31. The molecular weight excluding hydrogens is 354 g/mol. The topological polar surface area (TPSA) is 69.7 Å². The number of carbonyl (C=O) groups is 3. The van der Waals surface area contributed by atoms with Gasteiger partial charge in [0.25, 0.3) is 0 Å². The van der Waals surface area contributed by atoms with Crippen LogP contribution in [0.1, 0.15) is 64.5 Å². The molecule has 2 saturated heterocycles. The second-order valence-corrected chi connectivity index (χ2v) is 8.23. The fourth-order valence-corrected chi connectivity index (χ4v) is 5.03. The molecular formula is C22H31N3O3. The molecule has 1 N–H and O–H groups in total. The van der Waals surface area contributed by atoms with E-state index in [-0.39, 0.29) is 36.3 Å². The first kappa shape index (κ1) is 20.4. The number of hydrogen-bond donors (Lipinski definition) is 1. The molecule has 2 aliphatic rings. The van der Waals surface area contributed by atoms with E-state index >= 15 is 0 Å². The van der Waals surface area contributed by atoms with Crippen molar-refractivity contribution in [3.8, 4) is 0 Å². The average molecular weight is 386 g/mol. The third-order valence-electron chi connectivity index (χ3n) is 6.31. The van der Waals surface area contributed by atoms with Crippen LogP contribution >= 0.6 is 0 Å². The Balaban J connectivity index is 2.02. The summed E-state index contributed by atoms with van der Waals surface area (Å²) in [7, 11) is 0. The molecule has 1 aromatic rings. The molecule has 3 atom stereocenters. The zero-order valence-corrected chi connectivity index (χ0v) is 17.1. The number of nitrogens with one attached hydrogen (secondary N) is 1. The molecule has 0 aliphatic carbocycles. The molecule has 2 aliphatic heterocycles. The van der Waals surface area contributed by atoms with Crippen molar-refractivity contribution in [3.63, 3.8) is 0 Å². The Labute approximate surface area is 167 Å². The normalized spacial score (nSPS) is 27.5. The minimum Gasteiger partial charge on any atom is -0.347 e. The van der Waals surface area contributed by atoms with Gasteiger partial charge in [-0.2, -0.15) is 0 Å². The van der Waals surface area contributed by atoms with Crippen molar-refractivity contribution < 1.29 is 14.4 Å². The molecule has 6 nitrogen and oxygen atoms in total. The lowest BCUT2D eigenvalue weighted by Crippen LogP contribution is -2.58. The van der Waals surface area contributed by atoms with E-state index in [1.165, 1.54) is 6.92 Å². The Hall–Kier alpha value is -2.37. The molecule has 0 aromatic heterocycles. The SMILES string of the molecule is CC(=O)NCC(=O)N1[C@H]2CCCCCN(C(C)=O)[C@@]2(C)C[C@H]1c1ccccc1. The van der Waals surface area contributed by atoms with Crippen LogP contribution < -0.4 is 5.32 Å². The van der Waals surface area contributed by atoms with Gasteiger partial charge in [0.05, 0.1) is 24.2 Å². The van der Waals surface area contributed by atoms with Crippen LogP contribution in [0.2, 0.25) is 0 Å². The lowest BCUT2D eigenvalue weighted by atomic mass is 9.83. The monoisotopic (exact) mass is 385 g/mol. The number of amides is 3. The standard InChI is InChI=1S/C22H31N3O3/c1-16(26)23-15-21(28)25-19(18-10-6-4-7-11-18)14-22(3)20(25)12-8-5-9-13-24(22)17(2)27/h4,6-7,10-11,19-20H,5,8-9,12-15H2,1-3H3,(H,23,26)/t19-,20-,22-/m0/s1. The van der Waals surface area contributed by atoms with E-state index in [0.717, 1.165) is 37.8 Å². The van der Waals surface area contributed by atoms with Crippen LogP contribution in [0.25, 0.3) is 0 Å². The van der Waals surface area contributed by atoms with Gasteiger partial charge in [0.2, 0.25) is 17.7 Å². The lowest BCUT2D eigenvalue weighted by Gasteiger charge is -2.45. The van der Waals surface area contributed by atoms with Gasteiger partial charge < -0.3 is 15.1 Å². The molecule has 3 rings (SSSR count). The summed E-state index contributed by atoms with van der Waals surface area (Å²) >= 11 is 0. The highest BCUT2D eigenvalue weighted by molar-refractivity contribution is 5.85. The maximum Gasteiger partial charge on any atom is 0.242 e. The van der Waals surface area contributed by atoms with E-state index < -0.39 is 5.54 Å². The fourth-order valence-electron chi connectivity index (χ4n) is 5.03. The summed E-state index contributed by atoms with van der Waals surface area (Å²) in [5, 5.41) is 2.65. The number of hydrogen-bond acceptors (Lipinski definition) is 3. The largest absolute Gasteiger partial charge is 0.347 e. The minimum absolute atomic E-state index is 0.00861. The predicted molar refractivity (Wildman–Crippen MR) is 107 cm³/mol. The Morgan fingerprint density at radius 2 is 1.82 bits per heavy atom. The van der Waals surface area contributed by atoms with Gasteiger partial charge in [0.1, 0.15) is 0 Å². The first-order valence-corrected chi connectivity index (χ1v) is 10.2. The predicted octanol–water partition coefficient (Wildman–Crippen LogP) is 2.65. The molecule has 152 valence electrons. The summed E-state index contributed by atoms with van der Waals surface area (Å²) in [6.45, 7) is 5.90. The van der Waals surface area contributed by atoms with Gasteiger partial charge in [0.15, 0.2) is 0 Å². The van der Waals surface area contributed by atoms with E-state index in [1.54, 1.807) is 6.92 Å². The van der Waals surface area contributed by atoms with Gasteiger partial charge in [-0.25, -0.2) is 0 Å². The van der Waals surface area contributed by atoms with Crippen LogP contribution in [0.15, 0.2) is 30.3 Å². The highest BCUT2D eigenvalue weighted by Gasteiger charge is 2.54. The molecule has 0 bridgehead atoms. The third kappa shape index (κ3) is 3.91. The number of benzene rings is 1. The molecule has 0 spiro atoms. The van der Waals surface area contributed by atoms with Crippen LogP contribution in [0, 0.1) is 0 Å². The van der Waals surface area contributed by atoms with Crippen molar-refractivity contribution in [2.45, 2.75) is 70.5 Å². The molecule has 2 fully saturated rings. The van der Waals surface area contributed by atoms with Crippen LogP contribution in [0.4, 0.5) is 0 Å². The molecule has 6 heteroatoms. The molecule has 0 unspecified atom stereocenters. The highest BCUT2D eigenvalue weighted by Crippen LogP contribution is 2.48. The van der Waals surface area contributed by atoms with Crippen molar-refractivity contribution in [1.29, 1.82) is 0 Å². The smallest absolute Gasteiger partial charge is 0.242 e. The van der Waals surface area contributed by atoms with E-state index in [0.29, 0.717) is 6.42 Å². The number of nitrogens with zero attached hydrogens (tertiary/aromatic N) is 2. The fraction of sp³-hybridized carbons (Fsp3) is 0.591. The van der Waals surface area contributed by atoms with Gasteiger partial charge in [-0.1, -0.05) is 43.2 Å². The minimum atomic E-state index is -0.404. The quantitative estimate of drug-likeness (QED) is 0.870. The Kier molecular flexibility index (Phi) is 6.06. The summed E-state index contributed by atoms with van der Waals surface area (Å²) < 4.78 is 0. The Morgan fingerprint density at radius 3 is 2.46 bits per heavy atom. The molecule has 3 amide bonds. The zero-order valence-electron chi connectivity index (χ0n) is 17.1. The van der Waals surface area contributed by atoms with Crippen molar-refractivity contribution >= 4 is 17.7 Å². The van der Waals surface area contributed by atoms with Crippen molar-refractivity contribution in [2.24, 2.45) is 0 Å². The molecule has 1 aromatic carbocycles. The van der Waals surface area contributed by atoms with Crippen molar-refractivity contribution in [1.82, 2.24) is 15.1 Å². The van der Waals surface area contributed by atoms with E-state index in [1.807, 2.05) is 40.1 Å². The first-order chi connectivity index (χ1) is 13.3. The maximum absolute atomic E-state index is 13.2. The van der Waals surface area contributed by atoms with Crippen molar-refractivity contribution in [2.75, 3.05) is 13.1 Å². The molecule has 0 radical (unpaired) electrons. The maximum atomic E-state index is 13.2. The second-order valence-electron chi connectivity index (χ2n) is 8.23. The Morgan fingerprint density at radius 1 is 1.11 bits per heavy atom. The highest BCUT2D eigenvalue weighted by atomic mass is 16.2. The average Bonchev–Trinajstić information content (AvgIpc) is 2.93. The molecule has 2 heterocycles. The summed E-state index contributed by atoms with van der Waals surface area (Å²) in [6, 6.07) is 9.87. The van der Waals surface area contributed by atoms with Crippen LogP contribution in [0.3, 0.4) is 0 Å². The van der Waals surface area contributed by atoms with Gasteiger partial charge in [-0.3, -0.25) is 14.4 Å². The van der Waals surface area contributed by atoms with Crippen molar-refractivity contribution in [3.05, 3.63) is 35.9 Å². The summed E-state index contributed by atoms with van der Waals surface area (Å²) in [5.74, 6) is -0.228. The van der Waals surface area contributed by atoms with Gasteiger partial charge >= 0.3 is 0 Å². The second kappa shape index (κ2) is 8.33. The molecule has 28 heavy (non-hydrogen) atoms. The van der Waals surface area contributed by atoms with Gasteiger partial charge in [-0.15, -0.1) is 0 Å². The molecule has 0 saturated carbocycles. The number of rotatable bonds is 3. The van der Waals surface area contributed by atoms with Crippen LogP contribution in [-0.2, 0) is 14.4 Å².